The van der Waals surface area contributed by atoms with Gasteiger partial charge in [0.05, 0.1) is 22.5 Å². The van der Waals surface area contributed by atoms with Crippen LogP contribution in [0.3, 0.4) is 0 Å². The highest BCUT2D eigenvalue weighted by Gasteiger charge is 2.39. The van der Waals surface area contributed by atoms with Gasteiger partial charge in [0.25, 0.3) is 5.91 Å². The van der Waals surface area contributed by atoms with Gasteiger partial charge >= 0.3 is 0 Å². The third kappa shape index (κ3) is 7.15. The Morgan fingerprint density at radius 3 is 2.57 bits per heavy atom. The molecule has 3 amide bonds. The molecular formula is C37H36N6O5S. The van der Waals surface area contributed by atoms with E-state index in [4.69, 9.17) is 14.5 Å². The van der Waals surface area contributed by atoms with Crippen LogP contribution in [0.4, 0.5) is 5.69 Å². The third-order valence-electron chi connectivity index (χ3n) is 8.73. The number of piperidine rings is 1. The van der Waals surface area contributed by atoms with Crippen LogP contribution in [-0.2, 0) is 27.3 Å². The second-order valence-electron chi connectivity index (χ2n) is 12.3. The van der Waals surface area contributed by atoms with Gasteiger partial charge in [0.15, 0.2) is 0 Å². The highest BCUT2D eigenvalue weighted by atomic mass is 32.1. The van der Waals surface area contributed by atoms with E-state index in [1.165, 1.54) is 4.90 Å². The number of ether oxygens (including phenoxy) is 2. The van der Waals surface area contributed by atoms with E-state index in [2.05, 4.69) is 44.5 Å². The van der Waals surface area contributed by atoms with Crippen molar-refractivity contribution in [1.82, 2.24) is 25.2 Å². The van der Waals surface area contributed by atoms with E-state index in [-0.39, 0.29) is 18.2 Å². The second kappa shape index (κ2) is 14.1. The summed E-state index contributed by atoms with van der Waals surface area (Å²) in [6.45, 7) is 1.70. The van der Waals surface area contributed by atoms with E-state index in [1.54, 1.807) is 23.5 Å². The van der Waals surface area contributed by atoms with Gasteiger partial charge in [0, 0.05) is 74.1 Å². The smallest absolute Gasteiger partial charge is 0.255 e. The number of aromatic nitrogens is 3. The minimum atomic E-state index is -0.632. The van der Waals surface area contributed by atoms with Crippen molar-refractivity contribution in [2.24, 2.45) is 0 Å². The molecule has 2 aliphatic rings. The number of anilines is 1. The first kappa shape index (κ1) is 32.4. The van der Waals surface area contributed by atoms with E-state index in [0.29, 0.717) is 44.1 Å². The lowest BCUT2D eigenvalue weighted by Gasteiger charge is -2.29. The maximum atomic E-state index is 12.9. The highest BCUT2D eigenvalue weighted by Crippen LogP contribution is 2.33. The minimum absolute atomic E-state index is 0.200. The van der Waals surface area contributed by atoms with Crippen LogP contribution < -0.4 is 15.0 Å². The van der Waals surface area contributed by atoms with E-state index in [9.17, 15) is 14.4 Å². The van der Waals surface area contributed by atoms with Gasteiger partial charge in [-0.15, -0.1) is 11.3 Å². The Bertz CT molecular complexity index is 2010. The van der Waals surface area contributed by atoms with Crippen molar-refractivity contribution < 1.29 is 23.9 Å². The molecule has 2 aliphatic heterocycles. The second-order valence-corrected chi connectivity index (χ2v) is 13.3. The monoisotopic (exact) mass is 676 g/mol. The summed E-state index contributed by atoms with van der Waals surface area (Å²) in [5, 5.41) is 3.28. The Kier molecular flexibility index (Phi) is 9.32. The zero-order valence-electron chi connectivity index (χ0n) is 27.3. The van der Waals surface area contributed by atoms with Crippen LogP contribution >= 0.6 is 11.3 Å². The lowest BCUT2D eigenvalue weighted by Crippen LogP contribution is -2.52. The Labute approximate surface area is 287 Å². The van der Waals surface area contributed by atoms with Crippen LogP contribution in [0, 0.1) is 0 Å². The minimum Gasteiger partial charge on any atom is -0.491 e. The molecule has 2 aromatic carbocycles. The molecule has 0 spiro atoms. The standard InChI is InChI=1S/C37H36N6O5S/c1-42(2)27-8-12-31-33(19-27)49-36(40-31)24-6-11-30(39-21-24)23-5-7-26(38-20-23)4-3-15-47-16-17-48-28-9-10-29-25(18-28)22-43(37(29)46)32-13-14-34(44)41-35(32)45/h5-12,18-21,32H,3-4,13-17,22H2,1-2H3,(H,41,44,45). The average Bonchev–Trinajstić information content (AvgIpc) is 3.68. The Hall–Kier alpha value is -5.20. The molecular weight excluding hydrogens is 641 g/mol. The first-order chi connectivity index (χ1) is 23.8. The molecule has 250 valence electrons. The molecule has 1 unspecified atom stereocenters. The van der Waals surface area contributed by atoms with Crippen LogP contribution in [0.25, 0.3) is 32.0 Å². The number of benzene rings is 2. The molecule has 7 rings (SSSR count). The van der Waals surface area contributed by atoms with Crippen LogP contribution in [0.2, 0.25) is 0 Å². The number of hydrogen-bond donors (Lipinski definition) is 1. The molecule has 11 nitrogen and oxygen atoms in total. The quantitative estimate of drug-likeness (QED) is 0.139. The summed E-state index contributed by atoms with van der Waals surface area (Å²) in [5.41, 5.74) is 7.32. The SMILES string of the molecule is CN(C)c1ccc2nc(-c3ccc(-c4ccc(CCCOCCOc5ccc6c(c5)CN(C5CCC(=O)NC5=O)C6=O)nc4)nc3)sc2c1. The molecule has 1 saturated heterocycles. The summed E-state index contributed by atoms with van der Waals surface area (Å²) in [7, 11) is 4.07. The van der Waals surface area contributed by atoms with Crippen molar-refractivity contribution in [1.29, 1.82) is 0 Å². The molecule has 1 N–H and O–H groups in total. The number of rotatable bonds is 12. The largest absolute Gasteiger partial charge is 0.491 e. The highest BCUT2D eigenvalue weighted by molar-refractivity contribution is 7.21. The summed E-state index contributed by atoms with van der Waals surface area (Å²) in [6.07, 6.45) is 5.92. The first-order valence-electron chi connectivity index (χ1n) is 16.3. The summed E-state index contributed by atoms with van der Waals surface area (Å²) in [5.74, 6) is -0.275. The molecule has 3 aromatic heterocycles. The normalized spacial score (nSPS) is 15.8. The van der Waals surface area contributed by atoms with E-state index in [1.807, 2.05) is 50.8 Å². The van der Waals surface area contributed by atoms with Gasteiger partial charge < -0.3 is 19.3 Å². The average molecular weight is 677 g/mol. The molecule has 5 heterocycles. The zero-order chi connectivity index (χ0) is 33.9. The number of amides is 3. The number of thiazole rings is 1. The van der Waals surface area contributed by atoms with Crippen LogP contribution in [0.5, 0.6) is 5.75 Å². The topological polar surface area (TPSA) is 127 Å². The van der Waals surface area contributed by atoms with Gasteiger partial charge in [-0.25, -0.2) is 4.98 Å². The lowest BCUT2D eigenvalue weighted by molar-refractivity contribution is -0.136. The fourth-order valence-electron chi connectivity index (χ4n) is 6.05. The molecule has 49 heavy (non-hydrogen) atoms. The van der Waals surface area contributed by atoms with Gasteiger partial charge in [-0.05, 0) is 85.5 Å². The molecule has 5 aromatic rings. The number of imide groups is 1. The van der Waals surface area contributed by atoms with Crippen LogP contribution in [-0.4, -0.2) is 77.5 Å². The van der Waals surface area contributed by atoms with E-state index < -0.39 is 11.9 Å². The van der Waals surface area contributed by atoms with Crippen molar-refractivity contribution >= 4 is 45.0 Å². The number of nitrogens with zero attached hydrogens (tertiary/aromatic N) is 5. The summed E-state index contributed by atoms with van der Waals surface area (Å²) in [6, 6.07) is 19.1. The number of hydrogen-bond acceptors (Lipinski definition) is 10. The predicted molar refractivity (Wildman–Crippen MR) is 188 cm³/mol. The fraction of sp³-hybridized carbons (Fsp3) is 0.297. The van der Waals surface area contributed by atoms with Crippen LogP contribution in [0.15, 0.2) is 73.1 Å². The number of nitrogens with one attached hydrogen (secondary N) is 1. The number of carbonyl (C=O) groups is 3. The van der Waals surface area contributed by atoms with Gasteiger partial charge in [-0.1, -0.05) is 0 Å². The number of carbonyl (C=O) groups excluding carboxylic acids is 3. The predicted octanol–water partition coefficient (Wildman–Crippen LogP) is 5.28. The lowest BCUT2D eigenvalue weighted by atomic mass is 10.0. The number of aryl methyl sites for hydroxylation is 1. The van der Waals surface area contributed by atoms with Gasteiger partial charge in [0.1, 0.15) is 23.4 Å². The molecule has 12 heteroatoms. The molecule has 1 fully saturated rings. The van der Waals surface area contributed by atoms with Crippen molar-refractivity contribution in [3.05, 3.63) is 89.9 Å². The van der Waals surface area contributed by atoms with E-state index in [0.717, 1.165) is 61.8 Å². The summed E-state index contributed by atoms with van der Waals surface area (Å²) in [4.78, 5) is 54.4. The van der Waals surface area contributed by atoms with Crippen molar-refractivity contribution in [2.45, 2.75) is 38.3 Å². The molecule has 0 saturated carbocycles. The fourth-order valence-corrected chi connectivity index (χ4v) is 7.04. The van der Waals surface area contributed by atoms with Gasteiger partial charge in [0.2, 0.25) is 11.8 Å². The summed E-state index contributed by atoms with van der Waals surface area (Å²) >= 11 is 1.67. The van der Waals surface area contributed by atoms with Gasteiger partial charge in [-0.2, -0.15) is 0 Å². The van der Waals surface area contributed by atoms with E-state index >= 15 is 0 Å². The van der Waals surface area contributed by atoms with Gasteiger partial charge in [-0.3, -0.25) is 29.7 Å². The third-order valence-corrected chi connectivity index (χ3v) is 9.80. The zero-order valence-corrected chi connectivity index (χ0v) is 28.2. The maximum absolute atomic E-state index is 12.9. The number of fused-ring (bicyclic) bond motifs is 2. The number of pyridine rings is 2. The van der Waals surface area contributed by atoms with Crippen molar-refractivity contribution in [3.63, 3.8) is 0 Å². The molecule has 0 radical (unpaired) electrons. The first-order valence-corrected chi connectivity index (χ1v) is 17.1. The maximum Gasteiger partial charge on any atom is 0.255 e. The Balaban J connectivity index is 0.831. The van der Waals surface area contributed by atoms with Crippen LogP contribution in [0.1, 0.15) is 40.9 Å². The summed E-state index contributed by atoms with van der Waals surface area (Å²) < 4.78 is 12.8. The Morgan fingerprint density at radius 1 is 0.939 bits per heavy atom. The molecule has 0 aliphatic carbocycles. The Morgan fingerprint density at radius 2 is 1.80 bits per heavy atom. The van der Waals surface area contributed by atoms with Crippen molar-refractivity contribution in [2.75, 3.05) is 38.8 Å². The van der Waals surface area contributed by atoms with Crippen molar-refractivity contribution in [3.8, 4) is 27.6 Å². The molecule has 1 atom stereocenters. The molecule has 0 bridgehead atoms.